The van der Waals surface area contributed by atoms with Crippen LogP contribution in [0.4, 0.5) is 5.13 Å². The van der Waals surface area contributed by atoms with Gasteiger partial charge in [0.05, 0.1) is 24.1 Å². The SMILES string of the molecule is COc1ccc(S(=O)(=O)N(C)c2nc(CC(=O)O)cs2)cc1. The lowest BCUT2D eigenvalue weighted by Gasteiger charge is -2.16. The first-order valence-electron chi connectivity index (χ1n) is 6.14. The number of sulfonamides is 1. The van der Waals surface area contributed by atoms with Crippen LogP contribution in [0.25, 0.3) is 0 Å². The van der Waals surface area contributed by atoms with Gasteiger partial charge in [-0.15, -0.1) is 11.3 Å². The topological polar surface area (TPSA) is 96.8 Å². The summed E-state index contributed by atoms with van der Waals surface area (Å²) in [7, 11) is -0.881. The summed E-state index contributed by atoms with van der Waals surface area (Å²) in [5.74, 6) is -0.461. The minimum absolute atomic E-state index is 0.103. The van der Waals surface area contributed by atoms with Crippen LogP contribution in [0.5, 0.6) is 5.75 Å². The normalized spacial score (nSPS) is 11.2. The van der Waals surface area contributed by atoms with Gasteiger partial charge in [0, 0.05) is 12.4 Å². The number of ether oxygens (including phenoxy) is 1. The number of nitrogens with zero attached hydrogens (tertiary/aromatic N) is 2. The molecule has 0 amide bonds. The third kappa shape index (κ3) is 3.37. The number of anilines is 1. The van der Waals surface area contributed by atoms with Crippen LogP contribution in [0.2, 0.25) is 0 Å². The summed E-state index contributed by atoms with van der Waals surface area (Å²) in [5.41, 5.74) is 0.323. The standard InChI is InChI=1S/C13H14N2O5S2/c1-15(13-14-9(8-21-13)7-12(16)17)22(18,19)11-5-3-10(20-2)4-6-11/h3-6,8H,7H2,1-2H3,(H,16,17). The second kappa shape index (κ2) is 6.32. The summed E-state index contributed by atoms with van der Waals surface area (Å²) in [4.78, 5) is 14.8. The minimum Gasteiger partial charge on any atom is -0.497 e. The number of benzene rings is 1. The number of methoxy groups -OCH3 is 1. The van der Waals surface area contributed by atoms with Crippen molar-refractivity contribution in [1.29, 1.82) is 0 Å². The number of carboxylic acid groups (broad SMARTS) is 1. The van der Waals surface area contributed by atoms with Crippen LogP contribution in [0.15, 0.2) is 34.5 Å². The molecule has 0 atom stereocenters. The Kier molecular flexibility index (Phi) is 4.67. The van der Waals surface area contributed by atoms with E-state index in [2.05, 4.69) is 4.98 Å². The monoisotopic (exact) mass is 342 g/mol. The van der Waals surface area contributed by atoms with Crippen molar-refractivity contribution in [3.05, 3.63) is 35.3 Å². The third-order valence-corrected chi connectivity index (χ3v) is 5.70. The van der Waals surface area contributed by atoms with Crippen molar-refractivity contribution < 1.29 is 23.1 Å². The summed E-state index contributed by atoms with van der Waals surface area (Å²) in [6.07, 6.45) is -0.243. The van der Waals surface area contributed by atoms with E-state index in [-0.39, 0.29) is 16.4 Å². The molecule has 0 aliphatic carbocycles. The molecule has 0 aliphatic rings. The second-order valence-electron chi connectivity index (χ2n) is 4.34. The molecule has 0 unspecified atom stereocenters. The molecule has 7 nitrogen and oxygen atoms in total. The smallest absolute Gasteiger partial charge is 0.309 e. The van der Waals surface area contributed by atoms with E-state index in [0.29, 0.717) is 11.4 Å². The van der Waals surface area contributed by atoms with Crippen molar-refractivity contribution in [2.75, 3.05) is 18.5 Å². The molecule has 0 bridgehead atoms. The first-order chi connectivity index (χ1) is 10.3. The average Bonchev–Trinajstić information content (AvgIpc) is 2.94. The fourth-order valence-corrected chi connectivity index (χ4v) is 3.85. The first kappa shape index (κ1) is 16.2. The number of aliphatic carboxylic acids is 1. The fourth-order valence-electron chi connectivity index (χ4n) is 1.69. The van der Waals surface area contributed by atoms with Crippen LogP contribution in [0.3, 0.4) is 0 Å². The second-order valence-corrected chi connectivity index (χ2v) is 7.15. The van der Waals surface area contributed by atoms with E-state index in [4.69, 9.17) is 9.84 Å². The summed E-state index contributed by atoms with van der Waals surface area (Å²) in [5, 5.41) is 10.5. The van der Waals surface area contributed by atoms with Crippen molar-refractivity contribution in [3.63, 3.8) is 0 Å². The van der Waals surface area contributed by atoms with Crippen LogP contribution < -0.4 is 9.04 Å². The van der Waals surface area contributed by atoms with Crippen LogP contribution in [0, 0.1) is 0 Å². The Morgan fingerprint density at radius 3 is 2.55 bits per heavy atom. The zero-order valence-corrected chi connectivity index (χ0v) is 13.5. The van der Waals surface area contributed by atoms with Gasteiger partial charge in [0.15, 0.2) is 5.13 Å². The van der Waals surface area contributed by atoms with Gasteiger partial charge < -0.3 is 9.84 Å². The third-order valence-electron chi connectivity index (χ3n) is 2.86. The number of thiazole rings is 1. The molecule has 0 fully saturated rings. The van der Waals surface area contributed by atoms with Gasteiger partial charge in [0.2, 0.25) is 0 Å². The van der Waals surface area contributed by atoms with Crippen molar-refractivity contribution >= 4 is 32.5 Å². The molecule has 1 N–H and O–H groups in total. The summed E-state index contributed by atoms with van der Waals surface area (Å²) in [6, 6.07) is 5.99. The van der Waals surface area contributed by atoms with E-state index in [1.54, 1.807) is 12.1 Å². The Morgan fingerprint density at radius 2 is 2.00 bits per heavy atom. The largest absolute Gasteiger partial charge is 0.497 e. The Bertz CT molecular complexity index is 768. The van der Waals surface area contributed by atoms with Gasteiger partial charge in [-0.3, -0.25) is 4.79 Å². The van der Waals surface area contributed by atoms with Crippen molar-refractivity contribution in [2.45, 2.75) is 11.3 Å². The Morgan fingerprint density at radius 1 is 1.36 bits per heavy atom. The van der Waals surface area contributed by atoms with Crippen LogP contribution in [-0.4, -0.2) is 38.6 Å². The Hall–Kier alpha value is -2.13. The van der Waals surface area contributed by atoms with Crippen LogP contribution in [-0.2, 0) is 21.2 Å². The number of aromatic nitrogens is 1. The molecular formula is C13H14N2O5S2. The molecule has 2 aromatic rings. The minimum atomic E-state index is -3.75. The summed E-state index contributed by atoms with van der Waals surface area (Å²) < 4.78 is 31.0. The van der Waals surface area contributed by atoms with Gasteiger partial charge in [0.1, 0.15) is 5.75 Å². The number of hydrogen-bond acceptors (Lipinski definition) is 6. The number of rotatable bonds is 6. The van der Waals surface area contributed by atoms with E-state index in [1.807, 2.05) is 0 Å². The quantitative estimate of drug-likeness (QED) is 0.856. The molecule has 0 saturated heterocycles. The molecule has 1 aromatic carbocycles. The molecule has 1 aromatic heterocycles. The van der Waals surface area contributed by atoms with Gasteiger partial charge in [-0.2, -0.15) is 0 Å². The summed E-state index contributed by atoms with van der Waals surface area (Å²) in [6.45, 7) is 0. The molecule has 22 heavy (non-hydrogen) atoms. The first-order valence-corrected chi connectivity index (χ1v) is 8.45. The highest BCUT2D eigenvalue weighted by molar-refractivity contribution is 7.93. The van der Waals surface area contributed by atoms with Crippen molar-refractivity contribution in [1.82, 2.24) is 4.98 Å². The predicted octanol–water partition coefficient (Wildman–Crippen LogP) is 1.60. The lowest BCUT2D eigenvalue weighted by Crippen LogP contribution is -2.26. The zero-order valence-electron chi connectivity index (χ0n) is 11.9. The lowest BCUT2D eigenvalue weighted by atomic mass is 10.3. The lowest BCUT2D eigenvalue weighted by molar-refractivity contribution is -0.136. The molecular weight excluding hydrogens is 328 g/mol. The van der Waals surface area contributed by atoms with Gasteiger partial charge >= 0.3 is 5.97 Å². The van der Waals surface area contributed by atoms with Crippen LogP contribution in [0.1, 0.15) is 5.69 Å². The Labute approximate surface area is 131 Å². The van der Waals surface area contributed by atoms with Gasteiger partial charge in [0.25, 0.3) is 10.0 Å². The summed E-state index contributed by atoms with van der Waals surface area (Å²) >= 11 is 1.08. The van der Waals surface area contributed by atoms with Crippen LogP contribution >= 0.6 is 11.3 Å². The molecule has 118 valence electrons. The van der Waals surface area contributed by atoms with E-state index in [0.717, 1.165) is 15.6 Å². The maximum absolute atomic E-state index is 12.5. The highest BCUT2D eigenvalue weighted by Crippen LogP contribution is 2.26. The van der Waals surface area contributed by atoms with Gasteiger partial charge in [-0.25, -0.2) is 17.7 Å². The number of hydrogen-bond donors (Lipinski definition) is 1. The molecule has 0 saturated carbocycles. The zero-order chi connectivity index (χ0) is 16.3. The van der Waals surface area contributed by atoms with E-state index < -0.39 is 16.0 Å². The number of carboxylic acids is 1. The molecule has 1 heterocycles. The highest BCUT2D eigenvalue weighted by atomic mass is 32.2. The van der Waals surface area contributed by atoms with Crippen molar-refractivity contribution in [2.24, 2.45) is 0 Å². The Balaban J connectivity index is 2.27. The maximum atomic E-state index is 12.5. The molecule has 2 rings (SSSR count). The van der Waals surface area contributed by atoms with E-state index in [1.165, 1.54) is 31.7 Å². The van der Waals surface area contributed by atoms with E-state index in [9.17, 15) is 13.2 Å². The van der Waals surface area contributed by atoms with Crippen molar-refractivity contribution in [3.8, 4) is 5.75 Å². The molecule has 0 radical (unpaired) electrons. The predicted molar refractivity (Wildman–Crippen MR) is 82.0 cm³/mol. The van der Waals surface area contributed by atoms with E-state index >= 15 is 0 Å². The molecule has 0 aliphatic heterocycles. The molecule has 9 heteroatoms. The molecule has 0 spiro atoms. The van der Waals surface area contributed by atoms with Gasteiger partial charge in [-0.05, 0) is 24.3 Å². The fraction of sp³-hybridized carbons (Fsp3) is 0.231. The maximum Gasteiger partial charge on any atom is 0.309 e. The van der Waals surface area contributed by atoms with Gasteiger partial charge in [-0.1, -0.05) is 0 Å². The average molecular weight is 342 g/mol. The number of carbonyl (C=O) groups is 1. The highest BCUT2D eigenvalue weighted by Gasteiger charge is 2.24.